The second-order valence-electron chi connectivity index (χ2n) is 5.92. The number of hydrogen-bond acceptors (Lipinski definition) is 3. The summed E-state index contributed by atoms with van der Waals surface area (Å²) in [6.07, 6.45) is 2.38. The maximum atomic E-state index is 6.07. The van der Waals surface area contributed by atoms with Crippen molar-refractivity contribution in [1.82, 2.24) is 4.90 Å². The predicted octanol–water partition coefficient (Wildman–Crippen LogP) is 2.42. The Morgan fingerprint density at radius 1 is 1.53 bits per heavy atom. The first-order valence-electron chi connectivity index (χ1n) is 6.54. The zero-order valence-corrected chi connectivity index (χ0v) is 15.8. The number of ether oxygens (including phenoxy) is 1. The highest BCUT2D eigenvalue weighted by atomic mass is 127. The van der Waals surface area contributed by atoms with Gasteiger partial charge in [-0.1, -0.05) is 20.8 Å². The summed E-state index contributed by atoms with van der Waals surface area (Å²) in [5.74, 6) is 0.661. The third kappa shape index (κ3) is 6.53. The van der Waals surface area contributed by atoms with Crippen LogP contribution in [-0.2, 0) is 4.74 Å². The van der Waals surface area contributed by atoms with Crippen molar-refractivity contribution in [3.63, 3.8) is 0 Å². The minimum absolute atomic E-state index is 0. The first-order valence-corrected chi connectivity index (χ1v) is 7.82. The molecule has 4 nitrogen and oxygen atoms in total. The molecule has 1 fully saturated rings. The minimum atomic E-state index is 0. The number of aliphatic imine (C=N–C) groups is 1. The van der Waals surface area contributed by atoms with Crippen molar-refractivity contribution in [3.8, 4) is 0 Å². The van der Waals surface area contributed by atoms with Gasteiger partial charge in [0, 0.05) is 18.3 Å². The van der Waals surface area contributed by atoms with Crippen LogP contribution in [0.4, 0.5) is 0 Å². The molecule has 6 heteroatoms. The van der Waals surface area contributed by atoms with Gasteiger partial charge in [0.2, 0.25) is 0 Å². The number of thioether (sulfide) groups is 1. The molecule has 0 aromatic heterocycles. The smallest absolute Gasteiger partial charge is 0.191 e. The lowest BCUT2D eigenvalue weighted by molar-refractivity contribution is 0.00529. The molecule has 0 amide bonds. The van der Waals surface area contributed by atoms with E-state index in [1.807, 2.05) is 11.8 Å². The molecule has 0 aliphatic carbocycles. The largest absolute Gasteiger partial charge is 0.375 e. The van der Waals surface area contributed by atoms with E-state index in [-0.39, 0.29) is 35.5 Å². The molecular weight excluding hydrogens is 373 g/mol. The lowest BCUT2D eigenvalue weighted by Crippen LogP contribution is -2.48. The third-order valence-electron chi connectivity index (χ3n) is 3.23. The Morgan fingerprint density at radius 2 is 2.16 bits per heavy atom. The first kappa shape index (κ1) is 19.3. The van der Waals surface area contributed by atoms with Crippen LogP contribution in [-0.4, -0.2) is 54.7 Å². The van der Waals surface area contributed by atoms with E-state index in [1.165, 1.54) is 0 Å². The second-order valence-corrected chi connectivity index (χ2v) is 6.96. The van der Waals surface area contributed by atoms with Crippen LogP contribution in [0.15, 0.2) is 4.99 Å². The number of nitrogens with zero attached hydrogens (tertiary/aromatic N) is 2. The second kappa shape index (κ2) is 8.56. The van der Waals surface area contributed by atoms with E-state index in [0.717, 1.165) is 26.2 Å². The van der Waals surface area contributed by atoms with Gasteiger partial charge in [-0.2, -0.15) is 11.8 Å². The fourth-order valence-electron chi connectivity index (χ4n) is 2.00. The van der Waals surface area contributed by atoms with Gasteiger partial charge in [0.1, 0.15) is 0 Å². The molecular formula is C13H28IN3OS. The maximum absolute atomic E-state index is 6.07. The summed E-state index contributed by atoms with van der Waals surface area (Å²) < 4.78 is 5.50. The first-order chi connectivity index (χ1) is 8.34. The van der Waals surface area contributed by atoms with Crippen LogP contribution in [0.25, 0.3) is 0 Å². The maximum Gasteiger partial charge on any atom is 0.191 e. The molecule has 1 aliphatic rings. The molecule has 0 aromatic rings. The fourth-order valence-corrected chi connectivity index (χ4v) is 2.94. The molecule has 0 radical (unpaired) electrons. The van der Waals surface area contributed by atoms with E-state index in [9.17, 15) is 0 Å². The van der Waals surface area contributed by atoms with Crippen LogP contribution < -0.4 is 5.73 Å². The van der Waals surface area contributed by atoms with Gasteiger partial charge in [-0.15, -0.1) is 24.0 Å². The molecule has 0 aromatic carbocycles. The molecule has 1 saturated heterocycles. The van der Waals surface area contributed by atoms with Gasteiger partial charge < -0.3 is 15.4 Å². The molecule has 19 heavy (non-hydrogen) atoms. The van der Waals surface area contributed by atoms with Gasteiger partial charge in [0.05, 0.1) is 19.3 Å². The SMILES string of the molecule is CSC(CN=C(N)N1CCOC(C)C1)C(C)(C)C.I. The predicted molar refractivity (Wildman–Crippen MR) is 95.6 cm³/mol. The number of rotatable bonds is 3. The number of morpholine rings is 1. The van der Waals surface area contributed by atoms with Gasteiger partial charge in [-0.3, -0.25) is 4.99 Å². The van der Waals surface area contributed by atoms with Crippen molar-refractivity contribution in [2.45, 2.75) is 39.0 Å². The Labute approximate surface area is 138 Å². The molecule has 1 rings (SSSR count). The number of guanidine groups is 1. The van der Waals surface area contributed by atoms with Crippen molar-refractivity contribution in [3.05, 3.63) is 0 Å². The van der Waals surface area contributed by atoms with Crippen molar-refractivity contribution >= 4 is 41.7 Å². The standard InChI is InChI=1S/C13H27N3OS.HI/c1-10-9-16(6-7-17-10)12(14)15-8-11(18-5)13(2,3)4;/h10-11H,6-9H2,1-5H3,(H2,14,15);1H. The number of halogens is 1. The van der Waals surface area contributed by atoms with E-state index in [4.69, 9.17) is 10.5 Å². The monoisotopic (exact) mass is 401 g/mol. The molecule has 1 heterocycles. The summed E-state index contributed by atoms with van der Waals surface area (Å²) >= 11 is 1.86. The van der Waals surface area contributed by atoms with Crippen LogP contribution in [0.2, 0.25) is 0 Å². The molecule has 2 N–H and O–H groups in total. The summed E-state index contributed by atoms with van der Waals surface area (Å²) in [5.41, 5.74) is 6.32. The summed E-state index contributed by atoms with van der Waals surface area (Å²) in [7, 11) is 0. The van der Waals surface area contributed by atoms with E-state index in [0.29, 0.717) is 11.2 Å². The highest BCUT2D eigenvalue weighted by molar-refractivity contribution is 14.0. The quantitative estimate of drug-likeness (QED) is 0.448. The van der Waals surface area contributed by atoms with Gasteiger partial charge in [-0.05, 0) is 18.6 Å². The fraction of sp³-hybridized carbons (Fsp3) is 0.923. The average Bonchev–Trinajstić information content (AvgIpc) is 2.27. The van der Waals surface area contributed by atoms with Crippen LogP contribution in [0.1, 0.15) is 27.7 Å². The van der Waals surface area contributed by atoms with Crippen LogP contribution >= 0.6 is 35.7 Å². The molecule has 0 spiro atoms. The van der Waals surface area contributed by atoms with Crippen molar-refractivity contribution in [2.75, 3.05) is 32.5 Å². The topological polar surface area (TPSA) is 50.8 Å². The van der Waals surface area contributed by atoms with Gasteiger partial charge in [-0.25, -0.2) is 0 Å². The molecule has 0 bridgehead atoms. The minimum Gasteiger partial charge on any atom is -0.375 e. The highest BCUT2D eigenvalue weighted by Gasteiger charge is 2.24. The summed E-state index contributed by atoms with van der Waals surface area (Å²) in [6.45, 7) is 12.0. The van der Waals surface area contributed by atoms with Crippen LogP contribution in [0.5, 0.6) is 0 Å². The van der Waals surface area contributed by atoms with E-state index < -0.39 is 0 Å². The summed E-state index contributed by atoms with van der Waals surface area (Å²) in [5, 5.41) is 0.495. The molecule has 0 saturated carbocycles. The Kier molecular flexibility index (Phi) is 8.70. The van der Waals surface area contributed by atoms with Crippen LogP contribution in [0, 0.1) is 5.41 Å². The van der Waals surface area contributed by atoms with E-state index >= 15 is 0 Å². The molecule has 2 unspecified atom stereocenters. The zero-order chi connectivity index (χ0) is 13.8. The molecule has 2 atom stereocenters. The Balaban J connectivity index is 0.00000324. The Bertz CT molecular complexity index is 294. The van der Waals surface area contributed by atoms with Crippen molar-refractivity contribution in [2.24, 2.45) is 16.1 Å². The van der Waals surface area contributed by atoms with Crippen molar-refractivity contribution < 1.29 is 4.74 Å². The highest BCUT2D eigenvalue weighted by Crippen LogP contribution is 2.28. The van der Waals surface area contributed by atoms with E-state index in [1.54, 1.807) is 0 Å². The Hall–Kier alpha value is 0.310. The summed E-state index contributed by atoms with van der Waals surface area (Å²) in [6, 6.07) is 0. The Morgan fingerprint density at radius 3 is 2.63 bits per heavy atom. The average molecular weight is 401 g/mol. The van der Waals surface area contributed by atoms with Gasteiger partial charge in [0.15, 0.2) is 5.96 Å². The zero-order valence-electron chi connectivity index (χ0n) is 12.7. The number of hydrogen-bond donors (Lipinski definition) is 1. The lowest BCUT2D eigenvalue weighted by atomic mass is 9.92. The molecule has 114 valence electrons. The van der Waals surface area contributed by atoms with E-state index in [2.05, 4.69) is 43.8 Å². The van der Waals surface area contributed by atoms with Crippen molar-refractivity contribution in [1.29, 1.82) is 0 Å². The normalized spacial score (nSPS) is 22.9. The van der Waals surface area contributed by atoms with Crippen LogP contribution in [0.3, 0.4) is 0 Å². The van der Waals surface area contributed by atoms with Gasteiger partial charge >= 0.3 is 0 Å². The van der Waals surface area contributed by atoms with Gasteiger partial charge in [0.25, 0.3) is 0 Å². The molecule has 1 aliphatic heterocycles. The summed E-state index contributed by atoms with van der Waals surface area (Å²) in [4.78, 5) is 6.68. The number of nitrogens with two attached hydrogens (primary N) is 1. The lowest BCUT2D eigenvalue weighted by Gasteiger charge is -2.32. The third-order valence-corrected chi connectivity index (χ3v) is 4.66.